The van der Waals surface area contributed by atoms with Gasteiger partial charge in [0.2, 0.25) is 5.91 Å². The molecule has 6 nitrogen and oxygen atoms in total. The van der Waals surface area contributed by atoms with Crippen molar-refractivity contribution in [2.24, 2.45) is 11.8 Å². The van der Waals surface area contributed by atoms with Gasteiger partial charge in [-0.25, -0.2) is 4.98 Å². The Hall–Kier alpha value is -2.02. The third-order valence-electron chi connectivity index (χ3n) is 5.59. The van der Waals surface area contributed by atoms with Gasteiger partial charge in [-0.2, -0.15) is 5.10 Å². The van der Waals surface area contributed by atoms with E-state index in [1.807, 2.05) is 29.3 Å². The number of anilines is 1. The predicted molar refractivity (Wildman–Crippen MR) is 97.6 cm³/mol. The Kier molecular flexibility index (Phi) is 4.41. The van der Waals surface area contributed by atoms with Gasteiger partial charge in [0, 0.05) is 43.7 Å². The van der Waals surface area contributed by atoms with Crippen LogP contribution in [0.5, 0.6) is 0 Å². The molecule has 2 aromatic heterocycles. The number of aryl methyl sites for hydroxylation is 1. The van der Waals surface area contributed by atoms with Crippen molar-refractivity contribution in [2.45, 2.75) is 32.2 Å². The Labute approximate surface area is 151 Å². The van der Waals surface area contributed by atoms with E-state index in [9.17, 15) is 4.79 Å². The third-order valence-corrected chi connectivity index (χ3v) is 6.41. The van der Waals surface area contributed by atoms with Crippen LogP contribution in [-0.4, -0.2) is 52.2 Å². The maximum atomic E-state index is 12.7. The number of nitrogens with zero attached hydrogens (tertiary/aromatic N) is 5. The van der Waals surface area contributed by atoms with E-state index in [2.05, 4.69) is 27.1 Å². The van der Waals surface area contributed by atoms with Crippen molar-refractivity contribution < 1.29 is 4.79 Å². The minimum absolute atomic E-state index is 0.209. The molecule has 0 N–H and O–H groups in total. The number of thiazole rings is 1. The molecule has 0 unspecified atom stereocenters. The molecule has 132 valence electrons. The van der Waals surface area contributed by atoms with Crippen molar-refractivity contribution >= 4 is 23.1 Å². The topological polar surface area (TPSA) is 62.2 Å². The second-order valence-corrected chi connectivity index (χ2v) is 8.16. The van der Waals surface area contributed by atoms with Crippen molar-refractivity contribution in [3.05, 3.63) is 34.4 Å². The van der Waals surface area contributed by atoms with Crippen LogP contribution in [0.15, 0.2) is 23.7 Å². The Morgan fingerprint density at radius 2 is 2.28 bits per heavy atom. The molecule has 1 saturated carbocycles. The van der Waals surface area contributed by atoms with Crippen LogP contribution in [0.2, 0.25) is 0 Å². The van der Waals surface area contributed by atoms with Crippen LogP contribution in [0.3, 0.4) is 0 Å². The van der Waals surface area contributed by atoms with Crippen molar-refractivity contribution in [1.82, 2.24) is 20.1 Å². The van der Waals surface area contributed by atoms with Crippen molar-refractivity contribution in [1.29, 1.82) is 0 Å². The normalized spacial score (nSPS) is 25.2. The molecule has 3 heterocycles. The maximum absolute atomic E-state index is 12.7. The smallest absolute Gasteiger partial charge is 0.228 e. The second-order valence-electron chi connectivity index (χ2n) is 7.09. The van der Waals surface area contributed by atoms with E-state index in [0.717, 1.165) is 36.0 Å². The fourth-order valence-electron chi connectivity index (χ4n) is 4.33. The first-order chi connectivity index (χ1) is 12.1. The molecule has 7 heteroatoms. The highest BCUT2D eigenvalue weighted by atomic mass is 32.1. The number of carbonyl (C=O) groups is 1. The van der Waals surface area contributed by atoms with Crippen LogP contribution in [0, 0.1) is 18.8 Å². The van der Waals surface area contributed by atoms with Gasteiger partial charge in [0.05, 0.1) is 17.1 Å². The van der Waals surface area contributed by atoms with E-state index < -0.39 is 0 Å². The molecule has 0 spiro atoms. The number of likely N-dealkylation sites (tertiary alicyclic amines) is 1. The molecule has 2 aliphatic rings. The maximum Gasteiger partial charge on any atom is 0.228 e. The summed E-state index contributed by atoms with van der Waals surface area (Å²) >= 11 is 1.61. The molecule has 1 aliphatic heterocycles. The van der Waals surface area contributed by atoms with Gasteiger partial charge in [0.15, 0.2) is 5.82 Å². The minimum Gasteiger partial charge on any atom is -0.355 e. The van der Waals surface area contributed by atoms with Gasteiger partial charge in [-0.1, -0.05) is 0 Å². The standard InChI is InChI=1S/C18H23N5OS/c1-12-20-14(11-25-12)8-18(24)23-9-13-5-6-16(15(13)10-23)22(2)17-4-3-7-19-21-17/h3-4,7,11,13,15-16H,5-6,8-10H2,1-2H3/t13-,15+,16-/m1/s1. The average Bonchev–Trinajstić information content (AvgIpc) is 3.30. The van der Waals surface area contributed by atoms with Crippen molar-refractivity contribution in [3.63, 3.8) is 0 Å². The molecule has 1 aliphatic carbocycles. The number of fused-ring (bicyclic) bond motifs is 1. The van der Waals surface area contributed by atoms with Crippen LogP contribution >= 0.6 is 11.3 Å². The van der Waals surface area contributed by atoms with Crippen LogP contribution < -0.4 is 4.90 Å². The van der Waals surface area contributed by atoms with Gasteiger partial charge >= 0.3 is 0 Å². The molecule has 0 bridgehead atoms. The van der Waals surface area contributed by atoms with Gasteiger partial charge < -0.3 is 9.80 Å². The zero-order valence-electron chi connectivity index (χ0n) is 14.6. The summed E-state index contributed by atoms with van der Waals surface area (Å²) in [5, 5.41) is 11.2. The summed E-state index contributed by atoms with van der Waals surface area (Å²) in [6.45, 7) is 3.71. The Bertz CT molecular complexity index is 749. The van der Waals surface area contributed by atoms with Crippen LogP contribution in [0.25, 0.3) is 0 Å². The van der Waals surface area contributed by atoms with Gasteiger partial charge in [0.1, 0.15) is 0 Å². The van der Waals surface area contributed by atoms with E-state index in [0.29, 0.717) is 24.3 Å². The number of carbonyl (C=O) groups excluding carboxylic acids is 1. The summed E-state index contributed by atoms with van der Waals surface area (Å²) in [7, 11) is 2.10. The molecular formula is C18H23N5OS. The monoisotopic (exact) mass is 357 g/mol. The van der Waals surface area contributed by atoms with Crippen molar-refractivity contribution in [3.8, 4) is 0 Å². The SMILES string of the molecule is Cc1nc(CC(=O)N2C[C@H]3CC[C@@H](N(C)c4cccnn4)[C@H]3C2)cs1. The van der Waals surface area contributed by atoms with E-state index in [-0.39, 0.29) is 5.91 Å². The highest BCUT2D eigenvalue weighted by Crippen LogP contribution is 2.41. The fourth-order valence-corrected chi connectivity index (χ4v) is 4.94. The molecular weight excluding hydrogens is 334 g/mol. The largest absolute Gasteiger partial charge is 0.355 e. The lowest BCUT2D eigenvalue weighted by Crippen LogP contribution is -2.39. The summed E-state index contributed by atoms with van der Waals surface area (Å²) in [4.78, 5) is 21.4. The summed E-state index contributed by atoms with van der Waals surface area (Å²) in [5.74, 6) is 2.25. The highest BCUT2D eigenvalue weighted by Gasteiger charge is 2.45. The number of hydrogen-bond acceptors (Lipinski definition) is 6. The quantitative estimate of drug-likeness (QED) is 0.839. The first kappa shape index (κ1) is 16.4. The van der Waals surface area contributed by atoms with Crippen LogP contribution in [0.4, 0.5) is 5.82 Å². The molecule has 0 radical (unpaired) electrons. The lowest BCUT2D eigenvalue weighted by atomic mass is 9.97. The number of amides is 1. The number of hydrogen-bond donors (Lipinski definition) is 0. The highest BCUT2D eigenvalue weighted by molar-refractivity contribution is 7.09. The molecule has 2 aromatic rings. The molecule has 2 fully saturated rings. The zero-order valence-corrected chi connectivity index (χ0v) is 15.4. The molecule has 3 atom stereocenters. The third kappa shape index (κ3) is 3.25. The average molecular weight is 357 g/mol. The van der Waals surface area contributed by atoms with Crippen LogP contribution in [-0.2, 0) is 11.2 Å². The Balaban J connectivity index is 1.41. The lowest BCUT2D eigenvalue weighted by molar-refractivity contribution is -0.129. The summed E-state index contributed by atoms with van der Waals surface area (Å²) in [6.07, 6.45) is 4.47. The predicted octanol–water partition coefficient (Wildman–Crippen LogP) is 2.16. The van der Waals surface area contributed by atoms with Gasteiger partial charge in [0.25, 0.3) is 0 Å². The van der Waals surface area contributed by atoms with Gasteiger partial charge in [-0.05, 0) is 37.8 Å². The first-order valence-corrected chi connectivity index (χ1v) is 9.69. The number of rotatable bonds is 4. The fraction of sp³-hybridized carbons (Fsp3) is 0.556. The number of aromatic nitrogens is 3. The lowest BCUT2D eigenvalue weighted by Gasteiger charge is -2.30. The van der Waals surface area contributed by atoms with E-state index in [4.69, 9.17) is 0 Å². The van der Waals surface area contributed by atoms with Crippen LogP contribution in [0.1, 0.15) is 23.5 Å². The summed E-state index contributed by atoms with van der Waals surface area (Å²) in [5.41, 5.74) is 0.901. The van der Waals surface area contributed by atoms with E-state index >= 15 is 0 Å². The van der Waals surface area contributed by atoms with Gasteiger partial charge in [-0.3, -0.25) is 4.79 Å². The van der Waals surface area contributed by atoms with Gasteiger partial charge in [-0.15, -0.1) is 16.4 Å². The zero-order chi connectivity index (χ0) is 17.4. The Morgan fingerprint density at radius 1 is 1.40 bits per heavy atom. The van der Waals surface area contributed by atoms with Crippen molar-refractivity contribution in [2.75, 3.05) is 25.0 Å². The minimum atomic E-state index is 0.209. The molecule has 25 heavy (non-hydrogen) atoms. The van der Waals surface area contributed by atoms with E-state index in [1.54, 1.807) is 17.5 Å². The summed E-state index contributed by atoms with van der Waals surface area (Å²) in [6, 6.07) is 4.36. The van der Waals surface area contributed by atoms with E-state index in [1.165, 1.54) is 6.42 Å². The molecule has 1 saturated heterocycles. The molecule has 1 amide bonds. The Morgan fingerprint density at radius 3 is 3.00 bits per heavy atom. The molecule has 4 rings (SSSR count). The molecule has 0 aromatic carbocycles. The first-order valence-electron chi connectivity index (χ1n) is 8.81. The second kappa shape index (κ2) is 6.71. The summed E-state index contributed by atoms with van der Waals surface area (Å²) < 4.78 is 0.